The SMILES string of the molecule is CCCCOc1ccc2c(c1)c(C(=O)OCC)c(C)n2CCOC. The summed E-state index contributed by atoms with van der Waals surface area (Å²) in [7, 11) is 1.67. The molecule has 24 heavy (non-hydrogen) atoms. The molecule has 0 radical (unpaired) electrons. The van der Waals surface area contributed by atoms with Crippen molar-refractivity contribution >= 4 is 16.9 Å². The van der Waals surface area contributed by atoms with Crippen molar-refractivity contribution in [1.82, 2.24) is 4.57 Å². The average Bonchev–Trinajstić information content (AvgIpc) is 2.84. The predicted molar refractivity (Wildman–Crippen MR) is 94.9 cm³/mol. The highest BCUT2D eigenvalue weighted by molar-refractivity contribution is 6.06. The molecular formula is C19H27NO4. The molecule has 0 fully saturated rings. The molecule has 1 aromatic carbocycles. The summed E-state index contributed by atoms with van der Waals surface area (Å²) in [5.74, 6) is 0.493. The Balaban J connectivity index is 2.47. The molecule has 5 nitrogen and oxygen atoms in total. The third kappa shape index (κ3) is 3.90. The van der Waals surface area contributed by atoms with Gasteiger partial charge in [0, 0.05) is 30.3 Å². The third-order valence-electron chi connectivity index (χ3n) is 4.06. The van der Waals surface area contributed by atoms with E-state index in [2.05, 4.69) is 11.5 Å². The van der Waals surface area contributed by atoms with Crippen molar-refractivity contribution in [2.75, 3.05) is 26.9 Å². The number of aromatic nitrogens is 1. The number of fused-ring (bicyclic) bond motifs is 1. The van der Waals surface area contributed by atoms with E-state index < -0.39 is 0 Å². The number of ether oxygens (including phenoxy) is 3. The molecule has 0 saturated heterocycles. The van der Waals surface area contributed by atoms with Crippen LogP contribution in [0.25, 0.3) is 10.9 Å². The van der Waals surface area contributed by atoms with Crippen LogP contribution in [-0.4, -0.2) is 37.5 Å². The molecule has 2 aromatic rings. The fraction of sp³-hybridized carbons (Fsp3) is 0.526. The molecule has 0 aliphatic rings. The molecule has 0 amide bonds. The van der Waals surface area contributed by atoms with Gasteiger partial charge in [0.2, 0.25) is 0 Å². The Morgan fingerprint density at radius 3 is 2.67 bits per heavy atom. The quantitative estimate of drug-likeness (QED) is 0.515. The molecule has 0 atom stereocenters. The van der Waals surface area contributed by atoms with Gasteiger partial charge in [-0.1, -0.05) is 13.3 Å². The fourth-order valence-electron chi connectivity index (χ4n) is 2.82. The van der Waals surface area contributed by atoms with Gasteiger partial charge in [-0.3, -0.25) is 0 Å². The van der Waals surface area contributed by atoms with Gasteiger partial charge < -0.3 is 18.8 Å². The standard InChI is InChI=1S/C19H27NO4/c1-5-7-11-24-15-8-9-17-16(13-15)18(19(21)23-6-2)14(3)20(17)10-12-22-4/h8-9,13H,5-7,10-12H2,1-4H3. The van der Waals surface area contributed by atoms with Crippen LogP contribution in [0.1, 0.15) is 42.7 Å². The molecule has 0 saturated carbocycles. The minimum atomic E-state index is -0.290. The Hall–Kier alpha value is -2.01. The zero-order valence-electron chi connectivity index (χ0n) is 15.1. The van der Waals surface area contributed by atoms with E-state index in [1.54, 1.807) is 7.11 Å². The van der Waals surface area contributed by atoms with Crippen molar-refractivity contribution in [3.05, 3.63) is 29.5 Å². The van der Waals surface area contributed by atoms with E-state index in [1.807, 2.05) is 32.0 Å². The highest BCUT2D eigenvalue weighted by Gasteiger charge is 2.21. The van der Waals surface area contributed by atoms with Gasteiger partial charge in [-0.15, -0.1) is 0 Å². The van der Waals surface area contributed by atoms with Crippen LogP contribution in [-0.2, 0) is 16.0 Å². The van der Waals surface area contributed by atoms with Crippen molar-refractivity contribution < 1.29 is 19.0 Å². The number of hydrogen-bond donors (Lipinski definition) is 0. The molecule has 132 valence electrons. The highest BCUT2D eigenvalue weighted by Crippen LogP contribution is 2.30. The number of carbonyl (C=O) groups is 1. The zero-order valence-corrected chi connectivity index (χ0v) is 15.1. The Morgan fingerprint density at radius 1 is 1.21 bits per heavy atom. The number of carbonyl (C=O) groups excluding carboxylic acids is 1. The first-order valence-electron chi connectivity index (χ1n) is 8.55. The number of methoxy groups -OCH3 is 1. The summed E-state index contributed by atoms with van der Waals surface area (Å²) < 4.78 is 18.3. The lowest BCUT2D eigenvalue weighted by molar-refractivity contribution is 0.0527. The molecule has 1 aromatic heterocycles. The van der Waals surface area contributed by atoms with E-state index in [-0.39, 0.29) is 5.97 Å². The predicted octanol–water partition coefficient (Wildman–Crippen LogP) is 3.95. The van der Waals surface area contributed by atoms with Crippen molar-refractivity contribution in [3.8, 4) is 5.75 Å². The number of unbranched alkanes of at least 4 members (excludes halogenated alkanes) is 1. The van der Waals surface area contributed by atoms with Gasteiger partial charge >= 0.3 is 5.97 Å². The summed E-state index contributed by atoms with van der Waals surface area (Å²) in [5.41, 5.74) is 2.51. The Labute approximate surface area is 143 Å². The van der Waals surface area contributed by atoms with Gasteiger partial charge in [0.25, 0.3) is 0 Å². The molecule has 5 heteroatoms. The fourth-order valence-corrected chi connectivity index (χ4v) is 2.82. The van der Waals surface area contributed by atoms with Crippen LogP contribution in [0.4, 0.5) is 0 Å². The molecule has 0 aliphatic heterocycles. The minimum Gasteiger partial charge on any atom is -0.494 e. The van der Waals surface area contributed by atoms with Gasteiger partial charge in [-0.2, -0.15) is 0 Å². The lowest BCUT2D eigenvalue weighted by Crippen LogP contribution is -2.09. The maximum absolute atomic E-state index is 12.4. The van der Waals surface area contributed by atoms with E-state index in [0.717, 1.165) is 35.2 Å². The van der Waals surface area contributed by atoms with Crippen LogP contribution in [0.3, 0.4) is 0 Å². The first-order chi connectivity index (χ1) is 11.6. The lowest BCUT2D eigenvalue weighted by atomic mass is 10.1. The Morgan fingerprint density at radius 2 is 2.00 bits per heavy atom. The Kier molecular flexibility index (Phi) is 6.67. The van der Waals surface area contributed by atoms with E-state index in [9.17, 15) is 4.79 Å². The largest absolute Gasteiger partial charge is 0.494 e. The van der Waals surface area contributed by atoms with E-state index in [0.29, 0.717) is 31.9 Å². The molecule has 0 bridgehead atoms. The summed E-state index contributed by atoms with van der Waals surface area (Å²) in [6.07, 6.45) is 2.10. The zero-order chi connectivity index (χ0) is 17.5. The topological polar surface area (TPSA) is 49.7 Å². The number of hydrogen-bond acceptors (Lipinski definition) is 4. The van der Waals surface area contributed by atoms with Crippen LogP contribution in [0.5, 0.6) is 5.75 Å². The van der Waals surface area contributed by atoms with Crippen LogP contribution in [0.15, 0.2) is 18.2 Å². The minimum absolute atomic E-state index is 0.290. The third-order valence-corrected chi connectivity index (χ3v) is 4.06. The van der Waals surface area contributed by atoms with Crippen LogP contribution >= 0.6 is 0 Å². The molecular weight excluding hydrogens is 306 g/mol. The van der Waals surface area contributed by atoms with Gasteiger partial charge in [-0.25, -0.2) is 4.79 Å². The lowest BCUT2D eigenvalue weighted by Gasteiger charge is -2.08. The van der Waals surface area contributed by atoms with E-state index in [4.69, 9.17) is 14.2 Å². The summed E-state index contributed by atoms with van der Waals surface area (Å²) in [6, 6.07) is 5.89. The second-order valence-corrected chi connectivity index (χ2v) is 5.71. The summed E-state index contributed by atoms with van der Waals surface area (Å²) in [6.45, 7) is 8.20. The second kappa shape index (κ2) is 8.73. The van der Waals surface area contributed by atoms with Crippen LogP contribution in [0, 0.1) is 6.92 Å². The van der Waals surface area contributed by atoms with Crippen molar-refractivity contribution in [3.63, 3.8) is 0 Å². The first-order valence-corrected chi connectivity index (χ1v) is 8.55. The molecule has 0 N–H and O–H groups in total. The molecule has 0 spiro atoms. The number of esters is 1. The highest BCUT2D eigenvalue weighted by atomic mass is 16.5. The van der Waals surface area contributed by atoms with Gasteiger partial charge in [-0.05, 0) is 38.5 Å². The van der Waals surface area contributed by atoms with Crippen molar-refractivity contribution in [2.24, 2.45) is 0 Å². The summed E-state index contributed by atoms with van der Waals surface area (Å²) >= 11 is 0. The van der Waals surface area contributed by atoms with Crippen molar-refractivity contribution in [2.45, 2.75) is 40.2 Å². The molecule has 2 rings (SSSR count). The van der Waals surface area contributed by atoms with E-state index in [1.165, 1.54) is 0 Å². The number of benzene rings is 1. The van der Waals surface area contributed by atoms with E-state index >= 15 is 0 Å². The first kappa shape index (κ1) is 18.3. The molecule has 1 heterocycles. The number of rotatable bonds is 9. The average molecular weight is 333 g/mol. The van der Waals surface area contributed by atoms with Crippen molar-refractivity contribution in [1.29, 1.82) is 0 Å². The monoisotopic (exact) mass is 333 g/mol. The maximum Gasteiger partial charge on any atom is 0.340 e. The molecule has 0 aliphatic carbocycles. The normalized spacial score (nSPS) is 11.0. The summed E-state index contributed by atoms with van der Waals surface area (Å²) in [4.78, 5) is 12.4. The van der Waals surface area contributed by atoms with Gasteiger partial charge in [0.05, 0.1) is 25.4 Å². The number of nitrogens with zero attached hydrogens (tertiary/aromatic N) is 1. The van der Waals surface area contributed by atoms with Gasteiger partial charge in [0.1, 0.15) is 5.75 Å². The Bertz CT molecular complexity index is 690. The maximum atomic E-state index is 12.4. The van der Waals surface area contributed by atoms with Crippen LogP contribution in [0.2, 0.25) is 0 Å². The second-order valence-electron chi connectivity index (χ2n) is 5.71. The van der Waals surface area contributed by atoms with Gasteiger partial charge in [0.15, 0.2) is 0 Å². The molecule has 0 unspecified atom stereocenters. The summed E-state index contributed by atoms with van der Waals surface area (Å²) in [5, 5.41) is 0.871. The smallest absolute Gasteiger partial charge is 0.340 e. The van der Waals surface area contributed by atoms with Crippen LogP contribution < -0.4 is 4.74 Å².